The van der Waals surface area contributed by atoms with Crippen LogP contribution in [-0.4, -0.2) is 21.1 Å². The quantitative estimate of drug-likeness (QED) is 0.902. The normalized spacial score (nSPS) is 10.7. The lowest BCUT2D eigenvalue weighted by atomic mass is 10.4. The fourth-order valence-electron chi connectivity index (χ4n) is 1.43. The molecule has 2 heterocycles. The third-order valence-corrected chi connectivity index (χ3v) is 4.17. The van der Waals surface area contributed by atoms with E-state index in [1.54, 1.807) is 12.3 Å². The van der Waals surface area contributed by atoms with Crippen LogP contribution < -0.4 is 5.32 Å². The number of nitrogens with one attached hydrogen (secondary N) is 1. The van der Waals surface area contributed by atoms with Crippen molar-refractivity contribution < 1.29 is 0 Å². The first-order valence-electron chi connectivity index (χ1n) is 5.87. The molecule has 0 aliphatic heterocycles. The number of anilines is 1. The highest BCUT2D eigenvalue weighted by Crippen LogP contribution is 2.34. The van der Waals surface area contributed by atoms with E-state index in [1.807, 2.05) is 17.8 Å². The summed E-state index contributed by atoms with van der Waals surface area (Å²) in [4.78, 5) is 8.70. The number of aryl methyl sites for hydroxylation is 1. The van der Waals surface area contributed by atoms with Crippen LogP contribution in [0.4, 0.5) is 5.82 Å². The molecule has 19 heavy (non-hydrogen) atoms. The van der Waals surface area contributed by atoms with E-state index in [2.05, 4.69) is 22.2 Å². The second kappa shape index (κ2) is 6.50. The van der Waals surface area contributed by atoms with Crippen LogP contribution >= 0.6 is 35.0 Å². The van der Waals surface area contributed by atoms with Crippen LogP contribution in [0.15, 0.2) is 28.6 Å². The summed E-state index contributed by atoms with van der Waals surface area (Å²) < 4.78 is 1.91. The molecule has 0 saturated carbocycles. The fourth-order valence-corrected chi connectivity index (χ4v) is 2.75. The molecule has 0 bridgehead atoms. The summed E-state index contributed by atoms with van der Waals surface area (Å²) in [6.07, 6.45) is 4.62. The summed E-state index contributed by atoms with van der Waals surface area (Å²) in [5.41, 5.74) is 0. The second-order valence-electron chi connectivity index (χ2n) is 3.96. The van der Waals surface area contributed by atoms with E-state index < -0.39 is 0 Å². The van der Waals surface area contributed by atoms with Crippen molar-refractivity contribution in [1.82, 2.24) is 14.5 Å². The minimum absolute atomic E-state index is 0.528. The van der Waals surface area contributed by atoms with E-state index in [9.17, 15) is 0 Å². The topological polar surface area (TPSA) is 42.7 Å². The monoisotopic (exact) mass is 316 g/mol. The van der Waals surface area contributed by atoms with E-state index in [0.29, 0.717) is 20.9 Å². The van der Waals surface area contributed by atoms with Crippen LogP contribution in [0.5, 0.6) is 0 Å². The van der Waals surface area contributed by atoms with Crippen LogP contribution in [0, 0.1) is 0 Å². The molecule has 0 radical (unpaired) electrons. The maximum absolute atomic E-state index is 6.17. The number of nitrogens with zero attached hydrogens (tertiary/aromatic N) is 3. The summed E-state index contributed by atoms with van der Waals surface area (Å²) in [5.74, 6) is 0.657. The van der Waals surface area contributed by atoms with Crippen molar-refractivity contribution in [3.63, 3.8) is 0 Å². The maximum atomic E-state index is 6.17. The van der Waals surface area contributed by atoms with Gasteiger partial charge in [0, 0.05) is 26.0 Å². The molecule has 0 fully saturated rings. The van der Waals surface area contributed by atoms with Gasteiger partial charge in [-0.15, -0.1) is 0 Å². The van der Waals surface area contributed by atoms with Gasteiger partial charge in [0.1, 0.15) is 10.8 Å². The summed E-state index contributed by atoms with van der Waals surface area (Å²) in [5, 5.41) is 5.77. The molecule has 0 aliphatic rings. The highest BCUT2D eigenvalue weighted by atomic mass is 35.5. The van der Waals surface area contributed by atoms with E-state index in [1.165, 1.54) is 11.8 Å². The average Bonchev–Trinajstić information content (AvgIpc) is 2.77. The van der Waals surface area contributed by atoms with Gasteiger partial charge in [0.15, 0.2) is 5.16 Å². The van der Waals surface area contributed by atoms with Gasteiger partial charge in [-0.2, -0.15) is 0 Å². The standard InChI is InChI=1S/C12H14Cl2N4S/c1-3-4-15-10-8(13)7-9(14)11(17-10)19-12-16-5-6-18(12)2/h5-7H,3-4H2,1-2H3,(H,15,17). The molecule has 0 aliphatic carbocycles. The summed E-state index contributed by atoms with van der Waals surface area (Å²) >= 11 is 13.7. The molecule has 2 aromatic heterocycles. The highest BCUT2D eigenvalue weighted by molar-refractivity contribution is 7.99. The average molecular weight is 317 g/mol. The second-order valence-corrected chi connectivity index (χ2v) is 5.73. The number of pyridine rings is 1. The Hall–Kier alpha value is -0.910. The van der Waals surface area contributed by atoms with E-state index in [0.717, 1.165) is 18.1 Å². The zero-order chi connectivity index (χ0) is 13.8. The molecule has 4 nitrogen and oxygen atoms in total. The van der Waals surface area contributed by atoms with E-state index in [-0.39, 0.29) is 0 Å². The van der Waals surface area contributed by atoms with Crippen LogP contribution in [-0.2, 0) is 7.05 Å². The molecule has 0 aromatic carbocycles. The third kappa shape index (κ3) is 3.55. The lowest BCUT2D eigenvalue weighted by molar-refractivity contribution is 0.788. The molecular weight excluding hydrogens is 303 g/mol. The summed E-state index contributed by atoms with van der Waals surface area (Å²) in [7, 11) is 1.93. The molecule has 0 spiro atoms. The van der Waals surface area contributed by atoms with Crippen LogP contribution in [0.2, 0.25) is 10.0 Å². The van der Waals surface area contributed by atoms with Crippen LogP contribution in [0.1, 0.15) is 13.3 Å². The first kappa shape index (κ1) is 14.5. The van der Waals surface area contributed by atoms with Gasteiger partial charge in [0.2, 0.25) is 0 Å². The maximum Gasteiger partial charge on any atom is 0.174 e. The molecule has 0 atom stereocenters. The smallest absolute Gasteiger partial charge is 0.174 e. The van der Waals surface area contributed by atoms with Gasteiger partial charge in [-0.25, -0.2) is 9.97 Å². The Bertz CT molecular complexity index is 571. The molecule has 0 unspecified atom stereocenters. The molecule has 2 aromatic rings. The van der Waals surface area contributed by atoms with Crippen molar-refractivity contribution in [1.29, 1.82) is 0 Å². The van der Waals surface area contributed by atoms with Gasteiger partial charge in [-0.05, 0) is 24.2 Å². The minimum Gasteiger partial charge on any atom is -0.369 e. The van der Waals surface area contributed by atoms with Gasteiger partial charge >= 0.3 is 0 Å². The lowest BCUT2D eigenvalue weighted by Crippen LogP contribution is -2.03. The predicted molar refractivity (Wildman–Crippen MR) is 80.4 cm³/mol. The summed E-state index contributed by atoms with van der Waals surface area (Å²) in [6.45, 7) is 2.90. The van der Waals surface area contributed by atoms with Gasteiger partial charge < -0.3 is 9.88 Å². The predicted octanol–water partition coefficient (Wildman–Crippen LogP) is 4.10. The summed E-state index contributed by atoms with van der Waals surface area (Å²) in [6, 6.07) is 1.71. The Labute approximate surface area is 126 Å². The molecule has 0 saturated heterocycles. The Morgan fingerprint density at radius 2 is 2.16 bits per heavy atom. The SMILES string of the molecule is CCCNc1nc(Sc2nccn2C)c(Cl)cc1Cl. The van der Waals surface area contributed by atoms with Gasteiger partial charge in [-0.1, -0.05) is 30.1 Å². The van der Waals surface area contributed by atoms with Crippen molar-refractivity contribution in [2.75, 3.05) is 11.9 Å². The van der Waals surface area contributed by atoms with E-state index in [4.69, 9.17) is 23.2 Å². The first-order valence-corrected chi connectivity index (χ1v) is 7.44. The van der Waals surface area contributed by atoms with Crippen LogP contribution in [0.3, 0.4) is 0 Å². The zero-order valence-corrected chi connectivity index (χ0v) is 13.0. The van der Waals surface area contributed by atoms with Crippen molar-refractivity contribution in [3.8, 4) is 0 Å². The Morgan fingerprint density at radius 3 is 2.79 bits per heavy atom. The Balaban J connectivity index is 2.27. The molecular formula is C12H14Cl2N4S. The highest BCUT2D eigenvalue weighted by Gasteiger charge is 2.12. The molecule has 2 rings (SSSR count). The van der Waals surface area contributed by atoms with Gasteiger partial charge in [0.25, 0.3) is 0 Å². The molecule has 0 amide bonds. The first-order chi connectivity index (χ1) is 9.11. The number of halogens is 2. The molecule has 7 heteroatoms. The third-order valence-electron chi connectivity index (χ3n) is 2.40. The largest absolute Gasteiger partial charge is 0.369 e. The van der Waals surface area contributed by atoms with Crippen molar-refractivity contribution in [2.45, 2.75) is 23.5 Å². The minimum atomic E-state index is 0.528. The number of aromatic nitrogens is 3. The van der Waals surface area contributed by atoms with Crippen molar-refractivity contribution in [3.05, 3.63) is 28.5 Å². The van der Waals surface area contributed by atoms with Crippen molar-refractivity contribution in [2.24, 2.45) is 7.05 Å². The number of rotatable bonds is 5. The van der Waals surface area contributed by atoms with Crippen molar-refractivity contribution >= 4 is 40.8 Å². The molecule has 102 valence electrons. The zero-order valence-electron chi connectivity index (χ0n) is 10.7. The number of hydrogen-bond acceptors (Lipinski definition) is 4. The molecule has 1 N–H and O–H groups in total. The Kier molecular flexibility index (Phi) is 4.96. The van der Waals surface area contributed by atoms with Gasteiger partial charge in [-0.3, -0.25) is 0 Å². The number of hydrogen-bond donors (Lipinski definition) is 1. The fraction of sp³-hybridized carbons (Fsp3) is 0.333. The van der Waals surface area contributed by atoms with Gasteiger partial charge in [0.05, 0.1) is 10.0 Å². The van der Waals surface area contributed by atoms with E-state index >= 15 is 0 Å². The van der Waals surface area contributed by atoms with Crippen LogP contribution in [0.25, 0.3) is 0 Å². The lowest BCUT2D eigenvalue weighted by Gasteiger charge is -2.10. The Morgan fingerprint density at radius 1 is 1.37 bits per heavy atom. The number of imidazole rings is 1.